The minimum absolute atomic E-state index is 0.00186. The summed E-state index contributed by atoms with van der Waals surface area (Å²) in [6.45, 7) is 1.65. The van der Waals surface area contributed by atoms with Gasteiger partial charge >= 0.3 is 23.9 Å². The third-order valence-corrected chi connectivity index (χ3v) is 11.3. The number of amides is 3. The van der Waals surface area contributed by atoms with E-state index in [0.29, 0.717) is 22.4 Å². The van der Waals surface area contributed by atoms with Crippen LogP contribution in [0.2, 0.25) is 0 Å². The molecule has 0 unspecified atom stereocenters. The van der Waals surface area contributed by atoms with Crippen molar-refractivity contribution in [3.05, 3.63) is 105 Å². The zero-order chi connectivity index (χ0) is 43.9. The Morgan fingerprint density at radius 1 is 0.770 bits per heavy atom. The first-order valence-electron chi connectivity index (χ1n) is 20.7. The van der Waals surface area contributed by atoms with E-state index in [-0.39, 0.29) is 81.2 Å². The number of H-pyrrole nitrogens is 1. The van der Waals surface area contributed by atoms with Crippen molar-refractivity contribution in [1.29, 1.82) is 0 Å². The van der Waals surface area contributed by atoms with E-state index in [1.54, 1.807) is 19.1 Å². The number of carbonyl (C=O) groups is 7. The molecule has 1 fully saturated rings. The van der Waals surface area contributed by atoms with E-state index in [4.69, 9.17) is 18.9 Å². The van der Waals surface area contributed by atoms with Crippen molar-refractivity contribution in [1.82, 2.24) is 20.9 Å². The molecule has 326 valence electrons. The van der Waals surface area contributed by atoms with Crippen molar-refractivity contribution >= 4 is 41.6 Å². The number of benzene rings is 2. The van der Waals surface area contributed by atoms with E-state index >= 15 is 0 Å². The summed E-state index contributed by atoms with van der Waals surface area (Å²) in [4.78, 5) is 96.5. The lowest BCUT2D eigenvalue weighted by molar-refractivity contribution is -0.141. The molecule has 2 heterocycles. The molecule has 4 N–H and O–H groups in total. The maximum absolute atomic E-state index is 14.2. The summed E-state index contributed by atoms with van der Waals surface area (Å²) in [5.74, 6) is -3.83. The molecular weight excluding hydrogens is 785 g/mol. The van der Waals surface area contributed by atoms with Gasteiger partial charge in [0.2, 0.25) is 17.7 Å². The number of esters is 4. The van der Waals surface area contributed by atoms with Crippen LogP contribution in [-0.2, 0) is 80.0 Å². The van der Waals surface area contributed by atoms with Gasteiger partial charge in [-0.25, -0.2) is 4.79 Å². The number of nitrogens with one attached hydrogen (secondary N) is 4. The number of aromatic nitrogens is 1. The lowest BCUT2D eigenvalue weighted by Crippen LogP contribution is -2.51. The minimum Gasteiger partial charge on any atom is -0.469 e. The molecule has 2 aliphatic rings. The smallest absolute Gasteiger partial charge is 0.355 e. The number of hydrogen-bond acceptors (Lipinski definition) is 11. The Bertz CT molecular complexity index is 2090. The van der Waals surface area contributed by atoms with E-state index in [1.165, 1.54) is 21.3 Å². The van der Waals surface area contributed by atoms with Gasteiger partial charge in [0, 0.05) is 43.0 Å². The molecule has 0 saturated heterocycles. The van der Waals surface area contributed by atoms with Gasteiger partial charge in [-0.1, -0.05) is 79.9 Å². The third-order valence-electron chi connectivity index (χ3n) is 11.3. The lowest BCUT2D eigenvalue weighted by Gasteiger charge is -2.29. The van der Waals surface area contributed by atoms with Crippen molar-refractivity contribution in [3.63, 3.8) is 0 Å². The van der Waals surface area contributed by atoms with Gasteiger partial charge in [-0.15, -0.1) is 0 Å². The molecule has 1 aliphatic carbocycles. The fraction of sp³-hybridized carbons (Fsp3) is 0.457. The van der Waals surface area contributed by atoms with Crippen molar-refractivity contribution in [3.8, 4) is 0 Å². The largest absolute Gasteiger partial charge is 0.469 e. The van der Waals surface area contributed by atoms with Crippen LogP contribution < -0.4 is 16.0 Å². The number of methoxy groups -OCH3 is 3. The van der Waals surface area contributed by atoms with Crippen molar-refractivity contribution in [2.75, 3.05) is 21.3 Å². The molecule has 0 radical (unpaired) electrons. The Balaban J connectivity index is 1.51. The van der Waals surface area contributed by atoms with Crippen LogP contribution in [0.25, 0.3) is 0 Å². The highest BCUT2D eigenvalue weighted by Gasteiger charge is 2.44. The quantitative estimate of drug-likeness (QED) is 0.0924. The highest BCUT2D eigenvalue weighted by atomic mass is 16.5. The molecule has 61 heavy (non-hydrogen) atoms. The molecule has 15 nitrogen and oxygen atoms in total. The Morgan fingerprint density at radius 3 is 2.00 bits per heavy atom. The molecule has 0 bridgehead atoms. The van der Waals surface area contributed by atoms with Crippen molar-refractivity contribution < 1.29 is 52.5 Å². The fourth-order valence-corrected chi connectivity index (χ4v) is 8.08. The predicted octanol–water partition coefficient (Wildman–Crippen LogP) is 4.44. The van der Waals surface area contributed by atoms with E-state index in [0.717, 1.165) is 43.2 Å². The summed E-state index contributed by atoms with van der Waals surface area (Å²) in [5, 5.41) is 9.07. The zero-order valence-corrected chi connectivity index (χ0v) is 35.3. The Labute approximate surface area is 355 Å². The molecular formula is C46H56N4O11. The molecule has 3 amide bonds. The average molecular weight is 841 g/mol. The van der Waals surface area contributed by atoms with Gasteiger partial charge < -0.3 is 39.9 Å². The van der Waals surface area contributed by atoms with Crippen LogP contribution in [0.1, 0.15) is 103 Å². The fourth-order valence-electron chi connectivity index (χ4n) is 8.08. The molecule has 15 heteroatoms. The van der Waals surface area contributed by atoms with Gasteiger partial charge in [-0.3, -0.25) is 28.8 Å². The van der Waals surface area contributed by atoms with Gasteiger partial charge in [0.25, 0.3) is 0 Å². The molecule has 1 aromatic heterocycles. The summed E-state index contributed by atoms with van der Waals surface area (Å²) in [6, 6.07) is 17.5. The number of carbonyl (C=O) groups excluding carboxylic acids is 7. The van der Waals surface area contributed by atoms with Crippen LogP contribution in [0.5, 0.6) is 0 Å². The number of aromatic amines is 1. The third kappa shape index (κ3) is 12.6. The second-order valence-electron chi connectivity index (χ2n) is 15.7. The zero-order valence-electron chi connectivity index (χ0n) is 35.3. The van der Waals surface area contributed by atoms with Crippen LogP contribution >= 0.6 is 0 Å². The summed E-state index contributed by atoms with van der Waals surface area (Å²) >= 11 is 0. The average Bonchev–Trinajstić information content (AvgIpc) is 3.71. The first-order valence-corrected chi connectivity index (χ1v) is 20.7. The van der Waals surface area contributed by atoms with E-state index in [9.17, 15) is 33.6 Å². The first kappa shape index (κ1) is 45.8. The maximum Gasteiger partial charge on any atom is 0.355 e. The van der Waals surface area contributed by atoms with Crippen LogP contribution in [0.4, 0.5) is 0 Å². The van der Waals surface area contributed by atoms with E-state index < -0.39 is 47.3 Å². The number of rotatable bonds is 20. The molecule has 3 aromatic rings. The Hall–Kier alpha value is -6.25. The van der Waals surface area contributed by atoms with Gasteiger partial charge in [0.05, 0.1) is 39.7 Å². The second kappa shape index (κ2) is 21.8. The topological polar surface area (TPSA) is 208 Å². The van der Waals surface area contributed by atoms with Gasteiger partial charge in [0.1, 0.15) is 18.3 Å². The maximum atomic E-state index is 14.2. The summed E-state index contributed by atoms with van der Waals surface area (Å²) < 4.78 is 20.5. The van der Waals surface area contributed by atoms with E-state index in [1.807, 2.05) is 48.5 Å². The predicted molar refractivity (Wildman–Crippen MR) is 223 cm³/mol. The summed E-state index contributed by atoms with van der Waals surface area (Å²) in [6.07, 6.45) is 4.03. The SMILES string of the molecule is COC(=O)CCC1=C(CC(=O)N[C@@H](Cc2ccccc2)C(=O)NC2CCCCC2)[C@](C)(Cc2[nH]c(C(=O)OCc3ccccc3)c(CCC(=O)OC)c2CC(=O)OC)NC1=O. The highest BCUT2D eigenvalue weighted by molar-refractivity contribution is 6.01. The van der Waals surface area contributed by atoms with Crippen LogP contribution in [0.3, 0.4) is 0 Å². The van der Waals surface area contributed by atoms with Crippen LogP contribution in [0.15, 0.2) is 71.8 Å². The molecule has 2 atom stereocenters. The van der Waals surface area contributed by atoms with Crippen molar-refractivity contribution in [2.24, 2.45) is 0 Å². The Morgan fingerprint density at radius 2 is 1.38 bits per heavy atom. The Kier molecular flexibility index (Phi) is 16.4. The number of hydrogen-bond donors (Lipinski definition) is 4. The lowest BCUT2D eigenvalue weighted by atomic mass is 9.83. The van der Waals surface area contributed by atoms with E-state index in [2.05, 4.69) is 20.9 Å². The monoisotopic (exact) mass is 840 g/mol. The second-order valence-corrected chi connectivity index (χ2v) is 15.7. The molecule has 1 aliphatic heterocycles. The number of ether oxygens (including phenoxy) is 4. The molecule has 1 saturated carbocycles. The first-order chi connectivity index (χ1) is 29.3. The van der Waals surface area contributed by atoms with Crippen LogP contribution in [0, 0.1) is 0 Å². The standard InChI is InChI=1S/C46H56N4O11/c1-46(27-37-34(25-41(54)60-4)32(20-22-39(52)58-2)42(49-37)45(57)61-28-30-16-10-6-11-17-30)35(33(43(55)50-46)21-23-40(53)59-3)26-38(51)48-36(24-29-14-8-5-9-15-29)44(56)47-31-18-12-7-13-19-31/h5-6,8-11,14-17,31,36,49H,7,12-13,18-28H2,1-4H3,(H,47,56)(H,48,51)(H,50,55)/t36-,46-/m0/s1. The summed E-state index contributed by atoms with van der Waals surface area (Å²) in [5.41, 5.74) is 1.85. The molecule has 0 spiro atoms. The van der Waals surface area contributed by atoms with Gasteiger partial charge in [0.15, 0.2) is 0 Å². The van der Waals surface area contributed by atoms with Crippen molar-refractivity contribution in [2.45, 2.75) is 115 Å². The van der Waals surface area contributed by atoms with Gasteiger partial charge in [-0.2, -0.15) is 0 Å². The normalized spacial score (nSPS) is 16.9. The molecule has 2 aromatic carbocycles. The molecule has 5 rings (SSSR count). The van der Waals surface area contributed by atoms with Gasteiger partial charge in [-0.05, 0) is 60.4 Å². The highest BCUT2D eigenvalue weighted by Crippen LogP contribution is 2.37. The summed E-state index contributed by atoms with van der Waals surface area (Å²) in [7, 11) is 3.71. The van der Waals surface area contributed by atoms with Crippen LogP contribution in [-0.4, -0.2) is 85.5 Å². The minimum atomic E-state index is -1.32.